The number of imidazole rings is 1. The third-order valence-electron chi connectivity index (χ3n) is 2.53. The molecule has 0 unspecified atom stereocenters. The Morgan fingerprint density at radius 2 is 2.12 bits per heavy atom. The lowest BCUT2D eigenvalue weighted by molar-refractivity contribution is -0.136. The number of para-hydroxylation sites is 1. The van der Waals surface area contributed by atoms with Crippen molar-refractivity contribution in [3.8, 4) is 0 Å². The van der Waals surface area contributed by atoms with Crippen molar-refractivity contribution < 1.29 is 13.2 Å². The highest BCUT2D eigenvalue weighted by Gasteiger charge is 2.34. The zero-order valence-corrected chi connectivity index (χ0v) is 9.04. The molecule has 0 radical (unpaired) electrons. The molecule has 4 nitrogen and oxygen atoms in total. The maximum absolute atomic E-state index is 12.8. The maximum Gasteiger partial charge on any atom is 0.418 e. The normalized spacial score (nSPS) is 12.1. The lowest BCUT2D eigenvalue weighted by Gasteiger charge is -2.07. The van der Waals surface area contributed by atoms with Gasteiger partial charge < -0.3 is 4.57 Å². The minimum absolute atomic E-state index is 0.0881. The molecule has 0 aliphatic carbocycles. The van der Waals surface area contributed by atoms with Gasteiger partial charge in [0.25, 0.3) is 0 Å². The van der Waals surface area contributed by atoms with Crippen molar-refractivity contribution >= 4 is 17.0 Å². The molecular weight excluding hydrogens is 233 g/mol. The van der Waals surface area contributed by atoms with Gasteiger partial charge in [-0.2, -0.15) is 13.2 Å². The van der Waals surface area contributed by atoms with Crippen LogP contribution in [0.3, 0.4) is 0 Å². The third kappa shape index (κ3) is 1.82. The fourth-order valence-corrected chi connectivity index (χ4v) is 1.81. The minimum atomic E-state index is -4.42. The van der Waals surface area contributed by atoms with Gasteiger partial charge in [-0.15, -0.1) is 0 Å². The summed E-state index contributed by atoms with van der Waals surface area (Å²) in [5.74, 6) is 5.46. The van der Waals surface area contributed by atoms with Crippen molar-refractivity contribution in [2.24, 2.45) is 5.84 Å². The molecule has 0 saturated heterocycles. The van der Waals surface area contributed by atoms with Gasteiger partial charge in [0, 0.05) is 6.54 Å². The van der Waals surface area contributed by atoms with Crippen LogP contribution in [0.5, 0.6) is 0 Å². The van der Waals surface area contributed by atoms with Crippen LogP contribution in [0.25, 0.3) is 11.0 Å². The van der Waals surface area contributed by atoms with Crippen LogP contribution >= 0.6 is 0 Å². The van der Waals surface area contributed by atoms with Gasteiger partial charge in [-0.05, 0) is 19.1 Å². The average Bonchev–Trinajstić information content (AvgIpc) is 2.64. The van der Waals surface area contributed by atoms with Crippen molar-refractivity contribution in [2.45, 2.75) is 19.6 Å². The van der Waals surface area contributed by atoms with Gasteiger partial charge in [-0.1, -0.05) is 6.07 Å². The van der Waals surface area contributed by atoms with Crippen LogP contribution in [0.2, 0.25) is 0 Å². The Hall–Kier alpha value is -1.76. The summed E-state index contributed by atoms with van der Waals surface area (Å²) in [5, 5.41) is 0. The van der Waals surface area contributed by atoms with E-state index in [2.05, 4.69) is 10.4 Å². The van der Waals surface area contributed by atoms with Crippen molar-refractivity contribution in [2.75, 3.05) is 5.43 Å². The zero-order chi connectivity index (χ0) is 12.6. The topological polar surface area (TPSA) is 55.9 Å². The van der Waals surface area contributed by atoms with Crippen molar-refractivity contribution in [1.29, 1.82) is 0 Å². The number of nitrogens with two attached hydrogens (primary N) is 1. The standard InChI is InChI=1S/C10H11F3N4/c1-2-17-7-5-3-4-6(10(11,12)13)8(7)15-9(17)16-14/h3-5H,2,14H2,1H3,(H,15,16). The van der Waals surface area contributed by atoms with Crippen molar-refractivity contribution in [3.05, 3.63) is 23.8 Å². The second-order valence-electron chi connectivity index (χ2n) is 3.50. The van der Waals surface area contributed by atoms with Crippen LogP contribution in [0.1, 0.15) is 12.5 Å². The van der Waals surface area contributed by atoms with Crippen LogP contribution < -0.4 is 11.3 Å². The number of hydrazine groups is 1. The van der Waals surface area contributed by atoms with Crippen LogP contribution in [0.15, 0.2) is 18.2 Å². The van der Waals surface area contributed by atoms with E-state index in [4.69, 9.17) is 5.84 Å². The SMILES string of the molecule is CCn1c(NN)nc2c(C(F)(F)F)cccc21. The Kier molecular flexibility index (Phi) is 2.70. The summed E-state index contributed by atoms with van der Waals surface area (Å²) in [4.78, 5) is 3.88. The number of anilines is 1. The molecule has 0 spiro atoms. The van der Waals surface area contributed by atoms with Gasteiger partial charge in [-0.3, -0.25) is 5.43 Å². The summed E-state index contributed by atoms with van der Waals surface area (Å²) < 4.78 is 39.9. The first kappa shape index (κ1) is 11.7. The van der Waals surface area contributed by atoms with Gasteiger partial charge in [0.2, 0.25) is 5.95 Å². The van der Waals surface area contributed by atoms with Crippen LogP contribution in [0.4, 0.5) is 19.1 Å². The molecule has 2 aromatic rings. The molecule has 0 amide bonds. The predicted octanol–water partition coefficient (Wildman–Crippen LogP) is 2.36. The van der Waals surface area contributed by atoms with Gasteiger partial charge in [0.1, 0.15) is 5.52 Å². The van der Waals surface area contributed by atoms with Crippen LogP contribution in [0, 0.1) is 0 Å². The Balaban J connectivity index is 2.78. The number of nitrogens with zero attached hydrogens (tertiary/aromatic N) is 2. The summed E-state index contributed by atoms with van der Waals surface area (Å²) in [6.07, 6.45) is -4.42. The van der Waals surface area contributed by atoms with E-state index in [1.165, 1.54) is 6.07 Å². The molecule has 3 N–H and O–H groups in total. The predicted molar refractivity (Wildman–Crippen MR) is 58.2 cm³/mol. The first-order valence-electron chi connectivity index (χ1n) is 5.02. The number of hydrogen-bond donors (Lipinski definition) is 2. The fraction of sp³-hybridized carbons (Fsp3) is 0.300. The summed E-state index contributed by atoms with van der Waals surface area (Å²) in [6, 6.07) is 3.96. The second kappa shape index (κ2) is 3.92. The molecule has 1 heterocycles. The van der Waals surface area contributed by atoms with E-state index in [0.29, 0.717) is 12.1 Å². The number of nitrogens with one attached hydrogen (secondary N) is 1. The molecule has 0 aliphatic rings. The largest absolute Gasteiger partial charge is 0.418 e. The van der Waals surface area contributed by atoms with Crippen LogP contribution in [-0.4, -0.2) is 9.55 Å². The van der Waals surface area contributed by atoms with E-state index in [0.717, 1.165) is 6.07 Å². The first-order valence-corrected chi connectivity index (χ1v) is 5.02. The van der Waals surface area contributed by atoms with Gasteiger partial charge >= 0.3 is 6.18 Å². The van der Waals surface area contributed by atoms with E-state index in [1.807, 2.05) is 6.92 Å². The summed E-state index contributed by atoms with van der Waals surface area (Å²) >= 11 is 0. The van der Waals surface area contributed by atoms with Crippen molar-refractivity contribution in [1.82, 2.24) is 9.55 Å². The number of hydrogen-bond acceptors (Lipinski definition) is 3. The van der Waals surface area contributed by atoms with E-state index in [9.17, 15) is 13.2 Å². The molecule has 0 saturated carbocycles. The molecule has 1 aromatic heterocycles. The summed E-state index contributed by atoms with van der Waals surface area (Å²) in [6.45, 7) is 2.29. The lowest BCUT2D eigenvalue weighted by atomic mass is 10.2. The highest BCUT2D eigenvalue weighted by atomic mass is 19.4. The van der Waals surface area contributed by atoms with E-state index >= 15 is 0 Å². The Labute approximate surface area is 95.2 Å². The van der Waals surface area contributed by atoms with E-state index in [-0.39, 0.29) is 11.5 Å². The number of halogens is 3. The number of benzene rings is 1. The van der Waals surface area contributed by atoms with Crippen molar-refractivity contribution in [3.63, 3.8) is 0 Å². The smallest absolute Gasteiger partial charge is 0.309 e. The highest BCUT2D eigenvalue weighted by Crippen LogP contribution is 2.35. The molecule has 2 rings (SSSR count). The van der Waals surface area contributed by atoms with E-state index < -0.39 is 11.7 Å². The molecule has 0 atom stereocenters. The number of nitrogen functional groups attached to an aromatic ring is 1. The molecule has 0 bridgehead atoms. The maximum atomic E-state index is 12.8. The Bertz CT molecular complexity index is 544. The first-order chi connectivity index (χ1) is 7.99. The Morgan fingerprint density at radius 1 is 1.41 bits per heavy atom. The Morgan fingerprint density at radius 3 is 2.65 bits per heavy atom. The molecule has 0 fully saturated rings. The van der Waals surface area contributed by atoms with Crippen LogP contribution in [-0.2, 0) is 12.7 Å². The number of alkyl halides is 3. The average molecular weight is 244 g/mol. The number of aryl methyl sites for hydroxylation is 1. The zero-order valence-electron chi connectivity index (χ0n) is 9.04. The summed E-state index contributed by atoms with van der Waals surface area (Å²) in [5.41, 5.74) is 1.87. The molecule has 0 aliphatic heterocycles. The molecule has 7 heteroatoms. The second-order valence-corrected chi connectivity index (χ2v) is 3.50. The van der Waals surface area contributed by atoms with Gasteiger partial charge in [0.15, 0.2) is 0 Å². The van der Waals surface area contributed by atoms with Gasteiger partial charge in [0.05, 0.1) is 11.1 Å². The number of rotatable bonds is 2. The fourth-order valence-electron chi connectivity index (χ4n) is 1.81. The third-order valence-corrected chi connectivity index (χ3v) is 2.53. The minimum Gasteiger partial charge on any atom is -0.309 e. The lowest BCUT2D eigenvalue weighted by Crippen LogP contribution is -2.12. The number of aromatic nitrogens is 2. The highest BCUT2D eigenvalue weighted by molar-refractivity contribution is 5.82. The number of fused-ring (bicyclic) bond motifs is 1. The van der Waals surface area contributed by atoms with E-state index in [1.54, 1.807) is 10.6 Å². The molecule has 1 aromatic carbocycles. The molecule has 92 valence electrons. The quantitative estimate of drug-likeness (QED) is 0.629. The molecule has 17 heavy (non-hydrogen) atoms. The monoisotopic (exact) mass is 244 g/mol. The summed E-state index contributed by atoms with van der Waals surface area (Å²) in [7, 11) is 0. The van der Waals surface area contributed by atoms with Gasteiger partial charge in [-0.25, -0.2) is 10.8 Å². The molecular formula is C10H11F3N4.